The lowest BCUT2D eigenvalue weighted by Gasteiger charge is -2.24. The molecule has 0 aliphatic carbocycles. The second-order valence-corrected chi connectivity index (χ2v) is 5.72. The molecule has 1 N–H and O–H groups in total. The fourth-order valence-corrected chi connectivity index (χ4v) is 3.02. The van der Waals surface area contributed by atoms with Crippen molar-refractivity contribution in [2.24, 2.45) is 0 Å². The fourth-order valence-electron chi connectivity index (χ4n) is 3.02. The Balaban J connectivity index is 1.88. The average Bonchev–Trinajstić information content (AvgIpc) is 3.20. The summed E-state index contributed by atoms with van der Waals surface area (Å²) in [5.41, 5.74) is 1.52. The van der Waals surface area contributed by atoms with Crippen molar-refractivity contribution in [1.29, 1.82) is 0 Å². The molecule has 0 unspecified atom stereocenters. The van der Waals surface area contributed by atoms with Crippen LogP contribution in [0, 0.1) is 0 Å². The number of aromatic nitrogens is 2. The molecule has 1 aromatic carbocycles. The fraction of sp³-hybridized carbons (Fsp3) is 0.412. The summed E-state index contributed by atoms with van der Waals surface area (Å²) in [7, 11) is 1.62. The van der Waals surface area contributed by atoms with E-state index >= 15 is 0 Å². The van der Waals surface area contributed by atoms with Gasteiger partial charge in [-0.25, -0.2) is 0 Å². The maximum Gasteiger partial charge on any atom is 0.257 e. The van der Waals surface area contributed by atoms with Crippen LogP contribution in [0.15, 0.2) is 36.7 Å². The number of carbonyl (C=O) groups excluding carboxylic acids is 1. The van der Waals surface area contributed by atoms with Crippen LogP contribution in [-0.4, -0.2) is 45.5 Å². The van der Waals surface area contributed by atoms with Gasteiger partial charge in [0.15, 0.2) is 0 Å². The van der Waals surface area contributed by atoms with Crippen LogP contribution in [0.4, 0.5) is 0 Å². The number of aliphatic hydroxyl groups excluding tert-OH is 1. The Hall–Kier alpha value is -2.34. The first-order valence-electron chi connectivity index (χ1n) is 7.77. The molecule has 1 aliphatic heterocycles. The zero-order valence-electron chi connectivity index (χ0n) is 13.3. The van der Waals surface area contributed by atoms with Crippen molar-refractivity contribution in [3.63, 3.8) is 0 Å². The molecule has 1 amide bonds. The maximum atomic E-state index is 12.8. The van der Waals surface area contributed by atoms with E-state index in [2.05, 4.69) is 5.10 Å². The lowest BCUT2D eigenvalue weighted by Crippen LogP contribution is -2.31. The molecule has 1 saturated heterocycles. The maximum absolute atomic E-state index is 12.8. The van der Waals surface area contributed by atoms with E-state index in [1.165, 1.54) is 0 Å². The van der Waals surface area contributed by atoms with Crippen molar-refractivity contribution in [3.05, 3.63) is 47.8 Å². The summed E-state index contributed by atoms with van der Waals surface area (Å²) in [6.07, 6.45) is 3.34. The van der Waals surface area contributed by atoms with E-state index in [1.54, 1.807) is 29.1 Å². The van der Waals surface area contributed by atoms with E-state index in [4.69, 9.17) is 4.74 Å². The minimum Gasteiger partial charge on any atom is -0.497 e. The summed E-state index contributed by atoms with van der Waals surface area (Å²) in [4.78, 5) is 14.5. The highest BCUT2D eigenvalue weighted by atomic mass is 16.5. The predicted molar refractivity (Wildman–Crippen MR) is 85.3 cm³/mol. The lowest BCUT2D eigenvalue weighted by molar-refractivity contribution is 0.0715. The first kappa shape index (κ1) is 15.6. The van der Waals surface area contributed by atoms with Gasteiger partial charge in [-0.1, -0.05) is 12.1 Å². The summed E-state index contributed by atoms with van der Waals surface area (Å²) in [6.45, 7) is 3.02. The number of β-amino-alcohol motifs (C(OH)–C–C–N with tert-alkyl or cyclic N) is 1. The highest BCUT2D eigenvalue weighted by molar-refractivity contribution is 5.94. The third-order valence-electron chi connectivity index (χ3n) is 4.22. The van der Waals surface area contributed by atoms with Gasteiger partial charge in [0.05, 0.1) is 31.0 Å². The number of aryl methyl sites for hydroxylation is 1. The van der Waals surface area contributed by atoms with Crippen LogP contribution < -0.4 is 4.74 Å². The molecule has 1 aromatic heterocycles. The van der Waals surface area contributed by atoms with E-state index in [0.29, 0.717) is 18.5 Å². The Kier molecular flexibility index (Phi) is 4.34. The third-order valence-corrected chi connectivity index (χ3v) is 4.22. The number of amides is 1. The van der Waals surface area contributed by atoms with Crippen molar-refractivity contribution in [2.45, 2.75) is 32.0 Å². The van der Waals surface area contributed by atoms with Gasteiger partial charge in [0.2, 0.25) is 0 Å². The molecule has 2 heterocycles. The van der Waals surface area contributed by atoms with Gasteiger partial charge in [0.25, 0.3) is 5.91 Å². The number of nitrogens with zero attached hydrogens (tertiary/aromatic N) is 3. The number of carbonyl (C=O) groups is 1. The molecule has 0 radical (unpaired) electrons. The molecule has 122 valence electrons. The molecule has 0 bridgehead atoms. The van der Waals surface area contributed by atoms with Gasteiger partial charge < -0.3 is 14.7 Å². The molecule has 2 aromatic rings. The van der Waals surface area contributed by atoms with Crippen LogP contribution in [0.25, 0.3) is 0 Å². The van der Waals surface area contributed by atoms with Gasteiger partial charge >= 0.3 is 0 Å². The van der Waals surface area contributed by atoms with Gasteiger partial charge in [-0.3, -0.25) is 9.48 Å². The Morgan fingerprint density at radius 3 is 3.00 bits per heavy atom. The summed E-state index contributed by atoms with van der Waals surface area (Å²) < 4.78 is 6.98. The number of benzene rings is 1. The smallest absolute Gasteiger partial charge is 0.257 e. The lowest BCUT2D eigenvalue weighted by atomic mass is 10.0. The highest BCUT2D eigenvalue weighted by Gasteiger charge is 2.36. The van der Waals surface area contributed by atoms with Crippen molar-refractivity contribution in [1.82, 2.24) is 14.7 Å². The summed E-state index contributed by atoms with van der Waals surface area (Å²) in [5.74, 6) is 0.643. The quantitative estimate of drug-likeness (QED) is 0.935. The molecule has 1 fully saturated rings. The van der Waals surface area contributed by atoms with Crippen LogP contribution in [0.3, 0.4) is 0 Å². The molecule has 3 rings (SSSR count). The summed E-state index contributed by atoms with van der Waals surface area (Å²) in [6, 6.07) is 7.49. The van der Waals surface area contributed by atoms with Crippen LogP contribution >= 0.6 is 0 Å². The average molecular weight is 315 g/mol. The van der Waals surface area contributed by atoms with Crippen molar-refractivity contribution in [2.75, 3.05) is 13.7 Å². The van der Waals surface area contributed by atoms with Gasteiger partial charge in [-0.2, -0.15) is 5.10 Å². The van der Waals surface area contributed by atoms with Crippen LogP contribution in [0.1, 0.15) is 35.3 Å². The van der Waals surface area contributed by atoms with E-state index in [9.17, 15) is 9.90 Å². The van der Waals surface area contributed by atoms with Crippen LogP contribution in [0.5, 0.6) is 5.75 Å². The molecular formula is C17H21N3O3. The molecule has 2 atom stereocenters. The molecule has 23 heavy (non-hydrogen) atoms. The zero-order chi connectivity index (χ0) is 16.4. The highest BCUT2D eigenvalue weighted by Crippen LogP contribution is 2.34. The number of rotatable bonds is 4. The monoisotopic (exact) mass is 315 g/mol. The van der Waals surface area contributed by atoms with Gasteiger partial charge in [-0.05, 0) is 31.0 Å². The molecule has 0 spiro atoms. The second-order valence-electron chi connectivity index (χ2n) is 5.72. The van der Waals surface area contributed by atoms with E-state index in [-0.39, 0.29) is 11.9 Å². The second kappa shape index (κ2) is 6.42. The largest absolute Gasteiger partial charge is 0.497 e. The van der Waals surface area contributed by atoms with Crippen molar-refractivity contribution < 1.29 is 14.6 Å². The number of methoxy groups -OCH3 is 1. The number of ether oxygens (including phenoxy) is 1. The van der Waals surface area contributed by atoms with Gasteiger partial charge in [0, 0.05) is 19.3 Å². The molecule has 1 aliphatic rings. The van der Waals surface area contributed by atoms with E-state index in [0.717, 1.165) is 17.9 Å². The number of hydrogen-bond donors (Lipinski definition) is 1. The molecular weight excluding hydrogens is 294 g/mol. The first-order chi connectivity index (χ1) is 11.1. The Morgan fingerprint density at radius 1 is 1.48 bits per heavy atom. The summed E-state index contributed by atoms with van der Waals surface area (Å²) >= 11 is 0. The van der Waals surface area contributed by atoms with Crippen molar-refractivity contribution in [3.8, 4) is 5.75 Å². The van der Waals surface area contributed by atoms with E-state index < -0.39 is 6.10 Å². The van der Waals surface area contributed by atoms with Crippen molar-refractivity contribution >= 4 is 5.91 Å². The minimum atomic E-state index is -0.517. The van der Waals surface area contributed by atoms with Crippen LogP contribution in [-0.2, 0) is 6.54 Å². The summed E-state index contributed by atoms with van der Waals surface area (Å²) in [5, 5.41) is 14.2. The Morgan fingerprint density at radius 2 is 2.30 bits per heavy atom. The predicted octanol–water partition coefficient (Wildman–Crippen LogP) is 1.86. The standard InChI is InChI=1S/C17H21N3O3/c1-3-19-10-13(9-18-19)17(22)20-11-14(21)8-16(20)12-5-4-6-15(7-12)23-2/h4-7,9-10,14,16,21H,3,8,11H2,1-2H3/t14-,16-/m0/s1. The molecule has 6 heteroatoms. The molecule has 0 saturated carbocycles. The minimum absolute atomic E-state index is 0.103. The SMILES string of the molecule is CCn1cc(C(=O)N2C[C@@H](O)C[C@H]2c2cccc(OC)c2)cn1. The van der Waals surface area contributed by atoms with Gasteiger partial charge in [0.1, 0.15) is 5.75 Å². The number of hydrogen-bond acceptors (Lipinski definition) is 4. The Labute approximate surface area is 135 Å². The van der Waals surface area contributed by atoms with Crippen LogP contribution in [0.2, 0.25) is 0 Å². The molecule has 6 nitrogen and oxygen atoms in total. The zero-order valence-corrected chi connectivity index (χ0v) is 13.3. The van der Waals surface area contributed by atoms with E-state index in [1.807, 2.05) is 31.2 Å². The topological polar surface area (TPSA) is 67.6 Å². The number of likely N-dealkylation sites (tertiary alicyclic amines) is 1. The number of aliphatic hydroxyl groups is 1. The third kappa shape index (κ3) is 3.07. The Bertz CT molecular complexity index is 698. The van der Waals surface area contributed by atoms with Gasteiger partial charge in [-0.15, -0.1) is 0 Å². The first-order valence-corrected chi connectivity index (χ1v) is 7.77. The normalized spacial score (nSPS) is 20.7.